The highest BCUT2D eigenvalue weighted by molar-refractivity contribution is 9.10. The topological polar surface area (TPSA) is 97.1 Å². The molecule has 1 unspecified atom stereocenters. The summed E-state index contributed by atoms with van der Waals surface area (Å²) in [6.07, 6.45) is 2.31. The first kappa shape index (κ1) is 13.7. The van der Waals surface area contributed by atoms with E-state index in [0.717, 1.165) is 6.42 Å². The van der Waals surface area contributed by atoms with Gasteiger partial charge in [0.2, 0.25) is 10.0 Å². The average molecular weight is 335 g/mol. The van der Waals surface area contributed by atoms with Crippen molar-refractivity contribution >= 4 is 31.8 Å². The van der Waals surface area contributed by atoms with E-state index in [1.165, 1.54) is 12.3 Å². The van der Waals surface area contributed by atoms with Crippen molar-refractivity contribution in [3.63, 3.8) is 0 Å². The van der Waals surface area contributed by atoms with E-state index in [4.69, 9.17) is 5.84 Å². The molecule has 0 bridgehead atoms. The summed E-state index contributed by atoms with van der Waals surface area (Å²) in [5.41, 5.74) is 2.31. The van der Waals surface area contributed by atoms with Crippen molar-refractivity contribution in [1.82, 2.24) is 9.71 Å². The second-order valence-corrected chi connectivity index (χ2v) is 7.61. The highest BCUT2D eigenvalue weighted by Crippen LogP contribution is 2.45. The van der Waals surface area contributed by atoms with Crippen LogP contribution in [0.1, 0.15) is 20.3 Å². The number of sulfonamides is 1. The number of nitrogens with one attached hydrogen (secondary N) is 2. The van der Waals surface area contributed by atoms with Crippen molar-refractivity contribution in [3.05, 3.63) is 16.7 Å². The number of nitrogens with zero attached hydrogens (tertiary/aromatic N) is 1. The highest BCUT2D eigenvalue weighted by atomic mass is 79.9. The predicted molar refractivity (Wildman–Crippen MR) is 72.3 cm³/mol. The maximum Gasteiger partial charge on any atom is 0.244 e. The van der Waals surface area contributed by atoms with Gasteiger partial charge in [0.15, 0.2) is 5.82 Å². The zero-order valence-electron chi connectivity index (χ0n) is 10.1. The SMILES string of the molecule is CC1(C)CC1NS(=O)(=O)c1cc(Br)cnc1NN. The summed E-state index contributed by atoms with van der Waals surface area (Å²) in [6.45, 7) is 4.03. The van der Waals surface area contributed by atoms with Crippen LogP contribution in [0.4, 0.5) is 5.82 Å². The third kappa shape index (κ3) is 2.66. The average Bonchev–Trinajstić information content (AvgIpc) is 2.84. The Kier molecular flexibility index (Phi) is 3.39. The van der Waals surface area contributed by atoms with Crippen LogP contribution in [0.15, 0.2) is 21.6 Å². The highest BCUT2D eigenvalue weighted by Gasteiger charge is 2.48. The van der Waals surface area contributed by atoms with Gasteiger partial charge in [0.1, 0.15) is 4.90 Å². The van der Waals surface area contributed by atoms with Crippen LogP contribution in [0.25, 0.3) is 0 Å². The fourth-order valence-corrected chi connectivity index (χ4v) is 3.69. The standard InChI is InChI=1S/C10H15BrN4O2S/c1-10(2)4-8(10)15-18(16,17)7-3-6(11)5-13-9(7)14-12/h3,5,8,15H,4,12H2,1-2H3,(H,13,14). The van der Waals surface area contributed by atoms with Crippen molar-refractivity contribution in [2.75, 3.05) is 5.43 Å². The minimum atomic E-state index is -3.62. The normalized spacial score (nSPS) is 21.7. The van der Waals surface area contributed by atoms with E-state index in [1.54, 1.807) is 0 Å². The summed E-state index contributed by atoms with van der Waals surface area (Å²) < 4.78 is 27.7. The van der Waals surface area contributed by atoms with Crippen molar-refractivity contribution in [2.24, 2.45) is 11.3 Å². The molecule has 1 heterocycles. The van der Waals surface area contributed by atoms with Gasteiger partial charge in [-0.25, -0.2) is 24.0 Å². The molecule has 1 aromatic rings. The lowest BCUT2D eigenvalue weighted by Crippen LogP contribution is -2.30. The summed E-state index contributed by atoms with van der Waals surface area (Å²) in [5.74, 6) is 5.41. The summed E-state index contributed by atoms with van der Waals surface area (Å²) in [6, 6.07) is 1.44. The van der Waals surface area contributed by atoms with Crippen LogP contribution >= 0.6 is 15.9 Å². The predicted octanol–water partition coefficient (Wildman–Crippen LogP) is 1.21. The zero-order valence-corrected chi connectivity index (χ0v) is 12.5. The number of rotatable bonds is 4. The van der Waals surface area contributed by atoms with E-state index in [2.05, 4.69) is 31.1 Å². The third-order valence-corrected chi connectivity index (χ3v) is 4.98. The van der Waals surface area contributed by atoms with Gasteiger partial charge in [-0.2, -0.15) is 0 Å². The molecule has 8 heteroatoms. The molecule has 1 aliphatic carbocycles. The van der Waals surface area contributed by atoms with Crippen molar-refractivity contribution < 1.29 is 8.42 Å². The molecule has 4 N–H and O–H groups in total. The van der Waals surface area contributed by atoms with Crippen LogP contribution < -0.4 is 16.0 Å². The summed E-state index contributed by atoms with van der Waals surface area (Å²) >= 11 is 3.20. The first-order chi connectivity index (χ1) is 8.26. The number of nitrogen functional groups attached to an aromatic ring is 1. The number of halogens is 1. The molecule has 18 heavy (non-hydrogen) atoms. The van der Waals surface area contributed by atoms with Gasteiger partial charge in [0.25, 0.3) is 0 Å². The molecule has 0 saturated heterocycles. The Bertz CT molecular complexity index is 573. The Morgan fingerprint density at radius 2 is 2.17 bits per heavy atom. The number of pyridine rings is 1. The fourth-order valence-electron chi connectivity index (χ4n) is 1.65. The number of hydrogen-bond donors (Lipinski definition) is 3. The van der Waals surface area contributed by atoms with E-state index < -0.39 is 10.0 Å². The minimum absolute atomic E-state index is 0.0167. The molecule has 1 aliphatic rings. The van der Waals surface area contributed by atoms with Gasteiger partial charge in [-0.3, -0.25) is 0 Å². The van der Waals surface area contributed by atoms with Crippen molar-refractivity contribution in [1.29, 1.82) is 0 Å². The summed E-state index contributed by atoms with van der Waals surface area (Å²) in [4.78, 5) is 3.97. The van der Waals surface area contributed by atoms with Crippen LogP contribution in [0, 0.1) is 5.41 Å². The first-order valence-electron chi connectivity index (χ1n) is 5.41. The number of hydrazine groups is 1. The van der Waals surface area contributed by atoms with Gasteiger partial charge in [-0.1, -0.05) is 13.8 Å². The van der Waals surface area contributed by atoms with E-state index >= 15 is 0 Å². The Labute approximate surface area is 115 Å². The maximum absolute atomic E-state index is 12.2. The lowest BCUT2D eigenvalue weighted by Gasteiger charge is -2.11. The molecule has 1 atom stereocenters. The Morgan fingerprint density at radius 3 is 2.67 bits per heavy atom. The molecule has 100 valence electrons. The number of aromatic nitrogens is 1. The molecule has 0 spiro atoms. The smallest absolute Gasteiger partial charge is 0.244 e. The van der Waals surface area contributed by atoms with Crippen molar-refractivity contribution in [3.8, 4) is 0 Å². The molecule has 2 rings (SSSR count). The van der Waals surface area contributed by atoms with E-state index in [1.807, 2.05) is 13.8 Å². The van der Waals surface area contributed by atoms with Gasteiger partial charge in [0, 0.05) is 16.7 Å². The van der Waals surface area contributed by atoms with E-state index in [-0.39, 0.29) is 22.2 Å². The summed E-state index contributed by atoms with van der Waals surface area (Å²) in [7, 11) is -3.62. The molecule has 0 aliphatic heterocycles. The van der Waals surface area contributed by atoms with Crippen LogP contribution in [-0.4, -0.2) is 19.4 Å². The quantitative estimate of drug-likeness (QED) is 0.568. The Balaban J connectivity index is 2.32. The maximum atomic E-state index is 12.2. The van der Waals surface area contributed by atoms with Crippen LogP contribution in [0.3, 0.4) is 0 Å². The molecule has 1 aromatic heterocycles. The minimum Gasteiger partial charge on any atom is -0.307 e. The molecule has 1 fully saturated rings. The van der Waals surface area contributed by atoms with E-state index in [9.17, 15) is 8.42 Å². The van der Waals surface area contributed by atoms with Crippen LogP contribution in [0.2, 0.25) is 0 Å². The van der Waals surface area contributed by atoms with Crippen LogP contribution in [0.5, 0.6) is 0 Å². The molecular weight excluding hydrogens is 320 g/mol. The second kappa shape index (κ2) is 4.44. The second-order valence-electron chi connectivity index (χ2n) is 5.01. The van der Waals surface area contributed by atoms with Gasteiger partial charge in [-0.15, -0.1) is 0 Å². The Morgan fingerprint density at radius 1 is 1.56 bits per heavy atom. The zero-order chi connectivity index (χ0) is 13.6. The molecular formula is C10H15BrN4O2S. The Hall–Kier alpha value is -0.700. The lowest BCUT2D eigenvalue weighted by molar-refractivity contribution is 0.555. The van der Waals surface area contributed by atoms with E-state index in [0.29, 0.717) is 4.47 Å². The molecule has 0 amide bonds. The molecule has 0 aromatic carbocycles. The van der Waals surface area contributed by atoms with Crippen LogP contribution in [-0.2, 0) is 10.0 Å². The number of anilines is 1. The van der Waals surface area contributed by atoms with Gasteiger partial charge in [-0.05, 0) is 33.8 Å². The fraction of sp³-hybridized carbons (Fsp3) is 0.500. The van der Waals surface area contributed by atoms with Gasteiger partial charge in [0.05, 0.1) is 0 Å². The third-order valence-electron chi connectivity index (χ3n) is 3.06. The molecule has 6 nitrogen and oxygen atoms in total. The number of hydrogen-bond acceptors (Lipinski definition) is 5. The molecule has 1 saturated carbocycles. The summed E-state index contributed by atoms with van der Waals surface area (Å²) in [5, 5.41) is 0. The van der Waals surface area contributed by atoms with Gasteiger partial charge < -0.3 is 5.43 Å². The number of nitrogens with two attached hydrogens (primary N) is 1. The molecule has 0 radical (unpaired) electrons. The lowest BCUT2D eigenvalue weighted by atomic mass is 10.2. The van der Waals surface area contributed by atoms with Crippen molar-refractivity contribution in [2.45, 2.75) is 31.2 Å². The van der Waals surface area contributed by atoms with Gasteiger partial charge >= 0.3 is 0 Å². The first-order valence-corrected chi connectivity index (χ1v) is 7.68. The largest absolute Gasteiger partial charge is 0.307 e. The monoisotopic (exact) mass is 334 g/mol.